The topological polar surface area (TPSA) is 44.5 Å². The van der Waals surface area contributed by atoms with Crippen LogP contribution in [0.3, 0.4) is 0 Å². The Kier molecular flexibility index (Phi) is 3.87. The van der Waals surface area contributed by atoms with Crippen molar-refractivity contribution in [2.45, 2.75) is 18.6 Å². The van der Waals surface area contributed by atoms with Crippen molar-refractivity contribution in [3.8, 4) is 11.5 Å². The van der Waals surface area contributed by atoms with Crippen LogP contribution in [0.15, 0.2) is 40.9 Å². The molecular formula is C16H15BrFNO2. The molecule has 0 aromatic heterocycles. The average molecular weight is 352 g/mol. The Morgan fingerprint density at radius 2 is 2.05 bits per heavy atom. The molecule has 3 rings (SSSR count). The summed E-state index contributed by atoms with van der Waals surface area (Å²) in [6.45, 7) is 0. The number of nitrogens with two attached hydrogens (primary N) is 1. The number of halogens is 2. The van der Waals surface area contributed by atoms with Gasteiger partial charge in [-0.1, -0.05) is 15.9 Å². The molecule has 3 nitrogen and oxygen atoms in total. The van der Waals surface area contributed by atoms with Crippen LogP contribution in [0.25, 0.3) is 0 Å². The van der Waals surface area contributed by atoms with Crippen LogP contribution >= 0.6 is 15.9 Å². The van der Waals surface area contributed by atoms with E-state index in [4.69, 9.17) is 15.2 Å². The molecule has 2 N–H and O–H groups in total. The van der Waals surface area contributed by atoms with Gasteiger partial charge >= 0.3 is 0 Å². The molecule has 0 radical (unpaired) electrons. The number of rotatable bonds is 2. The summed E-state index contributed by atoms with van der Waals surface area (Å²) in [4.78, 5) is 0. The van der Waals surface area contributed by atoms with Gasteiger partial charge < -0.3 is 15.2 Å². The molecule has 1 aliphatic heterocycles. The van der Waals surface area contributed by atoms with E-state index in [0.29, 0.717) is 17.7 Å². The summed E-state index contributed by atoms with van der Waals surface area (Å²) in [7, 11) is 1.61. The normalized spacial score (nSPS) is 20.6. The fourth-order valence-electron chi connectivity index (χ4n) is 2.56. The number of hydrogen-bond acceptors (Lipinski definition) is 3. The highest BCUT2D eigenvalue weighted by molar-refractivity contribution is 9.10. The zero-order valence-electron chi connectivity index (χ0n) is 11.5. The predicted octanol–water partition coefficient (Wildman–Crippen LogP) is 4.12. The quantitative estimate of drug-likeness (QED) is 0.884. The van der Waals surface area contributed by atoms with Crippen LogP contribution in [-0.4, -0.2) is 7.11 Å². The molecule has 0 bridgehead atoms. The lowest BCUT2D eigenvalue weighted by molar-refractivity contribution is 0.157. The second-order valence-corrected chi connectivity index (χ2v) is 5.93. The monoisotopic (exact) mass is 351 g/mol. The molecule has 1 heterocycles. The van der Waals surface area contributed by atoms with Crippen molar-refractivity contribution in [2.24, 2.45) is 5.73 Å². The van der Waals surface area contributed by atoms with E-state index in [2.05, 4.69) is 15.9 Å². The largest absolute Gasteiger partial charge is 0.497 e. The van der Waals surface area contributed by atoms with E-state index >= 15 is 0 Å². The van der Waals surface area contributed by atoms with Crippen molar-refractivity contribution in [1.82, 2.24) is 0 Å². The summed E-state index contributed by atoms with van der Waals surface area (Å²) in [5.41, 5.74) is 7.62. The summed E-state index contributed by atoms with van der Waals surface area (Å²) in [6, 6.07) is 10.1. The Hall–Kier alpha value is -1.59. The van der Waals surface area contributed by atoms with E-state index in [1.807, 2.05) is 18.2 Å². The van der Waals surface area contributed by atoms with Crippen LogP contribution in [0.1, 0.15) is 29.7 Å². The van der Waals surface area contributed by atoms with Crippen LogP contribution in [-0.2, 0) is 0 Å². The smallest absolute Gasteiger partial charge is 0.130 e. The molecule has 110 valence electrons. The van der Waals surface area contributed by atoms with E-state index < -0.39 is 6.10 Å². The van der Waals surface area contributed by atoms with Crippen LogP contribution in [0.4, 0.5) is 4.39 Å². The van der Waals surface area contributed by atoms with Crippen molar-refractivity contribution < 1.29 is 13.9 Å². The molecule has 0 amide bonds. The summed E-state index contributed by atoms with van der Waals surface area (Å²) < 4.78 is 26.0. The SMILES string of the molecule is COc1ccc2c(c1)C(N)CC(c1cc(Br)ccc1F)O2. The molecule has 1 aliphatic rings. The highest BCUT2D eigenvalue weighted by atomic mass is 79.9. The second-order valence-electron chi connectivity index (χ2n) is 5.02. The lowest BCUT2D eigenvalue weighted by atomic mass is 9.93. The van der Waals surface area contributed by atoms with Crippen LogP contribution in [0.5, 0.6) is 11.5 Å². The minimum atomic E-state index is -0.390. The Bertz CT molecular complexity index is 677. The van der Waals surface area contributed by atoms with Gasteiger partial charge in [0.05, 0.1) is 7.11 Å². The summed E-state index contributed by atoms with van der Waals surface area (Å²) in [5.74, 6) is 1.13. The lowest BCUT2D eigenvalue weighted by Gasteiger charge is -2.31. The van der Waals surface area contributed by atoms with Gasteiger partial charge in [0.15, 0.2) is 0 Å². The predicted molar refractivity (Wildman–Crippen MR) is 82.0 cm³/mol. The molecule has 21 heavy (non-hydrogen) atoms. The number of benzene rings is 2. The van der Waals surface area contributed by atoms with E-state index in [0.717, 1.165) is 15.8 Å². The van der Waals surface area contributed by atoms with Gasteiger partial charge in [-0.15, -0.1) is 0 Å². The van der Waals surface area contributed by atoms with Crippen LogP contribution < -0.4 is 15.2 Å². The van der Waals surface area contributed by atoms with Crippen molar-refractivity contribution in [1.29, 1.82) is 0 Å². The molecule has 2 unspecified atom stereocenters. The summed E-state index contributed by atoms with van der Waals surface area (Å²) in [6.07, 6.45) is 0.131. The molecule has 2 aromatic rings. The number of methoxy groups -OCH3 is 1. The second kappa shape index (κ2) is 5.66. The average Bonchev–Trinajstić information content (AvgIpc) is 2.49. The van der Waals surface area contributed by atoms with Gasteiger partial charge in [0, 0.05) is 28.1 Å². The fourth-order valence-corrected chi connectivity index (χ4v) is 2.94. The minimum Gasteiger partial charge on any atom is -0.497 e. The van der Waals surface area contributed by atoms with Gasteiger partial charge in [0.1, 0.15) is 23.4 Å². The number of hydrogen-bond donors (Lipinski definition) is 1. The van der Waals surface area contributed by atoms with E-state index in [1.165, 1.54) is 6.07 Å². The molecule has 0 saturated heterocycles. The van der Waals surface area contributed by atoms with Crippen molar-refractivity contribution >= 4 is 15.9 Å². The third kappa shape index (κ3) is 2.76. The minimum absolute atomic E-state index is 0.216. The van der Waals surface area contributed by atoms with E-state index in [9.17, 15) is 4.39 Å². The molecule has 2 atom stereocenters. The summed E-state index contributed by atoms with van der Waals surface area (Å²) >= 11 is 3.36. The first-order chi connectivity index (χ1) is 10.1. The maximum absolute atomic E-state index is 14.0. The highest BCUT2D eigenvalue weighted by Crippen LogP contribution is 2.42. The zero-order valence-corrected chi connectivity index (χ0v) is 13.1. The zero-order chi connectivity index (χ0) is 15.0. The number of ether oxygens (including phenoxy) is 2. The first-order valence-electron chi connectivity index (χ1n) is 6.63. The van der Waals surface area contributed by atoms with Crippen LogP contribution in [0.2, 0.25) is 0 Å². The fraction of sp³-hybridized carbons (Fsp3) is 0.250. The Morgan fingerprint density at radius 3 is 2.81 bits per heavy atom. The molecule has 5 heteroatoms. The molecular weight excluding hydrogens is 337 g/mol. The maximum atomic E-state index is 14.0. The molecule has 2 aromatic carbocycles. The maximum Gasteiger partial charge on any atom is 0.130 e. The van der Waals surface area contributed by atoms with E-state index in [-0.39, 0.29) is 11.9 Å². The van der Waals surface area contributed by atoms with Gasteiger partial charge in [0.25, 0.3) is 0 Å². The van der Waals surface area contributed by atoms with Crippen LogP contribution in [0, 0.1) is 5.82 Å². The third-order valence-corrected chi connectivity index (χ3v) is 4.15. The van der Waals surface area contributed by atoms with Gasteiger partial charge in [-0.05, 0) is 36.4 Å². The molecule has 0 fully saturated rings. The van der Waals surface area contributed by atoms with E-state index in [1.54, 1.807) is 19.2 Å². The Morgan fingerprint density at radius 1 is 1.24 bits per heavy atom. The molecule has 0 saturated carbocycles. The highest BCUT2D eigenvalue weighted by Gasteiger charge is 2.29. The standard InChI is InChI=1S/C16H15BrFNO2/c1-20-10-3-5-15-12(7-10)14(19)8-16(21-15)11-6-9(17)2-4-13(11)18/h2-7,14,16H,8,19H2,1H3. The van der Waals surface area contributed by atoms with Crippen molar-refractivity contribution in [3.05, 3.63) is 57.8 Å². The lowest BCUT2D eigenvalue weighted by Crippen LogP contribution is -2.24. The van der Waals surface area contributed by atoms with Crippen molar-refractivity contribution in [3.63, 3.8) is 0 Å². The van der Waals surface area contributed by atoms with Gasteiger partial charge in [-0.25, -0.2) is 4.39 Å². The first kappa shape index (κ1) is 14.4. The van der Waals surface area contributed by atoms with Gasteiger partial charge in [0.2, 0.25) is 0 Å². The summed E-state index contributed by atoms with van der Waals surface area (Å²) in [5, 5.41) is 0. The number of fused-ring (bicyclic) bond motifs is 1. The molecule has 0 spiro atoms. The first-order valence-corrected chi connectivity index (χ1v) is 7.43. The van der Waals surface area contributed by atoms with Gasteiger partial charge in [-0.3, -0.25) is 0 Å². The van der Waals surface area contributed by atoms with Crippen molar-refractivity contribution in [2.75, 3.05) is 7.11 Å². The Balaban J connectivity index is 1.96. The molecule has 0 aliphatic carbocycles. The van der Waals surface area contributed by atoms with Gasteiger partial charge in [-0.2, -0.15) is 0 Å². The third-order valence-electron chi connectivity index (χ3n) is 3.66. The Labute approximate surface area is 131 Å².